The van der Waals surface area contributed by atoms with Crippen LogP contribution in [-0.4, -0.2) is 13.6 Å². The molecule has 0 saturated carbocycles. The number of hydrogen-bond donors (Lipinski definition) is 1. The Bertz CT molecular complexity index is 250. The molecule has 0 heterocycles. The van der Waals surface area contributed by atoms with Crippen LogP contribution in [-0.2, 0) is 6.54 Å². The Kier molecular flexibility index (Phi) is 4.68. The third-order valence-electron chi connectivity index (χ3n) is 2.58. The van der Waals surface area contributed by atoms with Gasteiger partial charge in [0.2, 0.25) is 0 Å². The Morgan fingerprint density at radius 1 is 1.14 bits per heavy atom. The van der Waals surface area contributed by atoms with Crippen LogP contribution in [0.25, 0.3) is 0 Å². The molecule has 0 spiro atoms. The van der Waals surface area contributed by atoms with E-state index in [4.69, 9.17) is 0 Å². The lowest BCUT2D eigenvalue weighted by molar-refractivity contribution is -0.894. The summed E-state index contributed by atoms with van der Waals surface area (Å²) >= 11 is 0. The predicted octanol–water partition coefficient (Wildman–Crippen LogP) is 1.81. The molecule has 0 amide bonds. The SMILES string of the molecule is CCCC[NH+](C)Cc1ccc(C)cc1. The van der Waals surface area contributed by atoms with Gasteiger partial charge in [0.25, 0.3) is 0 Å². The number of benzene rings is 1. The summed E-state index contributed by atoms with van der Waals surface area (Å²) in [5.74, 6) is 0. The van der Waals surface area contributed by atoms with Crippen molar-refractivity contribution in [2.75, 3.05) is 13.6 Å². The molecule has 1 heteroatoms. The Hall–Kier alpha value is -0.820. The second kappa shape index (κ2) is 5.82. The molecule has 78 valence electrons. The maximum absolute atomic E-state index is 2.27. The zero-order valence-electron chi connectivity index (χ0n) is 9.64. The molecule has 0 aliphatic rings. The molecule has 0 saturated heterocycles. The summed E-state index contributed by atoms with van der Waals surface area (Å²) in [7, 11) is 2.27. The van der Waals surface area contributed by atoms with Crippen LogP contribution in [0.2, 0.25) is 0 Å². The van der Waals surface area contributed by atoms with Gasteiger partial charge < -0.3 is 4.90 Å². The number of unbranched alkanes of at least 4 members (excludes halogenated alkanes) is 1. The van der Waals surface area contributed by atoms with Gasteiger partial charge in [-0.1, -0.05) is 43.2 Å². The number of quaternary nitrogens is 1. The fourth-order valence-corrected chi connectivity index (χ4v) is 1.62. The first kappa shape index (κ1) is 11.3. The van der Waals surface area contributed by atoms with Gasteiger partial charge in [0.1, 0.15) is 6.54 Å². The molecule has 1 rings (SSSR count). The number of hydrogen-bond acceptors (Lipinski definition) is 0. The van der Waals surface area contributed by atoms with Gasteiger partial charge >= 0.3 is 0 Å². The summed E-state index contributed by atoms with van der Waals surface area (Å²) in [6.45, 7) is 6.82. The highest BCUT2D eigenvalue weighted by Gasteiger charge is 2.01. The van der Waals surface area contributed by atoms with Gasteiger partial charge in [-0.2, -0.15) is 0 Å². The van der Waals surface area contributed by atoms with E-state index < -0.39 is 0 Å². The molecule has 1 nitrogen and oxygen atoms in total. The Balaban J connectivity index is 2.39. The van der Waals surface area contributed by atoms with E-state index in [1.54, 1.807) is 4.90 Å². The van der Waals surface area contributed by atoms with Crippen LogP contribution in [0.1, 0.15) is 30.9 Å². The van der Waals surface area contributed by atoms with Gasteiger partial charge in [-0.05, 0) is 13.3 Å². The van der Waals surface area contributed by atoms with Crippen LogP contribution in [0, 0.1) is 6.92 Å². The third kappa shape index (κ3) is 3.93. The largest absolute Gasteiger partial charge is 0.334 e. The van der Waals surface area contributed by atoms with Crippen molar-refractivity contribution in [3.05, 3.63) is 35.4 Å². The first-order valence-corrected chi connectivity index (χ1v) is 5.59. The van der Waals surface area contributed by atoms with Crippen molar-refractivity contribution in [1.82, 2.24) is 0 Å². The summed E-state index contributed by atoms with van der Waals surface area (Å²) in [6, 6.07) is 8.88. The fourth-order valence-electron chi connectivity index (χ4n) is 1.62. The lowest BCUT2D eigenvalue weighted by atomic mass is 10.1. The van der Waals surface area contributed by atoms with Crippen molar-refractivity contribution in [3.63, 3.8) is 0 Å². The standard InChI is InChI=1S/C13H21N/c1-4-5-10-14(3)11-13-8-6-12(2)7-9-13/h6-9H,4-5,10-11H2,1-3H3/p+1. The van der Waals surface area contributed by atoms with Crippen molar-refractivity contribution >= 4 is 0 Å². The minimum atomic E-state index is 1.15. The van der Waals surface area contributed by atoms with Gasteiger partial charge in [0.15, 0.2) is 0 Å². The van der Waals surface area contributed by atoms with Crippen molar-refractivity contribution in [2.24, 2.45) is 0 Å². The maximum atomic E-state index is 2.27. The van der Waals surface area contributed by atoms with Crippen LogP contribution < -0.4 is 4.90 Å². The normalized spacial score (nSPS) is 12.8. The molecule has 0 radical (unpaired) electrons. The third-order valence-corrected chi connectivity index (χ3v) is 2.58. The highest BCUT2D eigenvalue weighted by molar-refractivity contribution is 5.20. The Labute approximate surface area is 87.7 Å². The fraction of sp³-hybridized carbons (Fsp3) is 0.538. The summed E-state index contributed by atoms with van der Waals surface area (Å²) < 4.78 is 0. The quantitative estimate of drug-likeness (QED) is 0.726. The highest BCUT2D eigenvalue weighted by Crippen LogP contribution is 2.01. The molecule has 0 aromatic heterocycles. The van der Waals surface area contributed by atoms with E-state index >= 15 is 0 Å². The number of nitrogens with one attached hydrogen (secondary N) is 1. The summed E-state index contributed by atoms with van der Waals surface area (Å²) in [5, 5.41) is 0. The molecule has 0 bridgehead atoms. The topological polar surface area (TPSA) is 4.44 Å². The van der Waals surface area contributed by atoms with E-state index in [0.29, 0.717) is 0 Å². The van der Waals surface area contributed by atoms with E-state index in [9.17, 15) is 0 Å². The lowest BCUT2D eigenvalue weighted by Crippen LogP contribution is -3.07. The van der Waals surface area contributed by atoms with Gasteiger partial charge in [-0.25, -0.2) is 0 Å². The maximum Gasteiger partial charge on any atom is 0.103 e. The monoisotopic (exact) mass is 192 g/mol. The van der Waals surface area contributed by atoms with E-state index in [0.717, 1.165) is 6.54 Å². The summed E-state index contributed by atoms with van der Waals surface area (Å²) in [6.07, 6.45) is 2.63. The average molecular weight is 192 g/mol. The molecule has 1 aromatic carbocycles. The highest BCUT2D eigenvalue weighted by atomic mass is 15.1. The average Bonchev–Trinajstić information content (AvgIpc) is 2.18. The van der Waals surface area contributed by atoms with Gasteiger partial charge in [0.05, 0.1) is 13.6 Å². The van der Waals surface area contributed by atoms with E-state index in [1.807, 2.05) is 0 Å². The van der Waals surface area contributed by atoms with Crippen LogP contribution >= 0.6 is 0 Å². The summed E-state index contributed by atoms with van der Waals surface area (Å²) in [5.41, 5.74) is 2.80. The first-order chi connectivity index (χ1) is 6.72. The second-order valence-corrected chi connectivity index (χ2v) is 4.22. The van der Waals surface area contributed by atoms with E-state index in [-0.39, 0.29) is 0 Å². The molecular weight excluding hydrogens is 170 g/mol. The zero-order chi connectivity index (χ0) is 10.4. The molecule has 0 fully saturated rings. The van der Waals surface area contributed by atoms with Crippen LogP contribution in [0.5, 0.6) is 0 Å². The molecular formula is C13H22N+. The van der Waals surface area contributed by atoms with Crippen molar-refractivity contribution in [2.45, 2.75) is 33.2 Å². The van der Waals surface area contributed by atoms with Crippen molar-refractivity contribution in [3.8, 4) is 0 Å². The van der Waals surface area contributed by atoms with Crippen LogP contribution in [0.3, 0.4) is 0 Å². The molecule has 14 heavy (non-hydrogen) atoms. The first-order valence-electron chi connectivity index (χ1n) is 5.59. The minimum Gasteiger partial charge on any atom is -0.334 e. The number of aryl methyl sites for hydroxylation is 1. The molecule has 1 unspecified atom stereocenters. The smallest absolute Gasteiger partial charge is 0.103 e. The van der Waals surface area contributed by atoms with Crippen molar-refractivity contribution in [1.29, 1.82) is 0 Å². The predicted molar refractivity (Wildman–Crippen MR) is 61.5 cm³/mol. The number of rotatable bonds is 5. The Morgan fingerprint density at radius 2 is 1.79 bits per heavy atom. The summed E-state index contributed by atoms with van der Waals surface area (Å²) in [4.78, 5) is 1.61. The minimum absolute atomic E-state index is 1.15. The second-order valence-electron chi connectivity index (χ2n) is 4.22. The lowest BCUT2D eigenvalue weighted by Gasteiger charge is -2.13. The van der Waals surface area contributed by atoms with Crippen LogP contribution in [0.15, 0.2) is 24.3 Å². The van der Waals surface area contributed by atoms with Gasteiger partial charge in [-0.15, -0.1) is 0 Å². The molecule has 1 aromatic rings. The van der Waals surface area contributed by atoms with Gasteiger partial charge in [-0.3, -0.25) is 0 Å². The zero-order valence-corrected chi connectivity index (χ0v) is 9.64. The molecule has 0 aliphatic carbocycles. The Morgan fingerprint density at radius 3 is 2.36 bits per heavy atom. The molecule has 1 N–H and O–H groups in total. The molecule has 0 aliphatic heterocycles. The van der Waals surface area contributed by atoms with Gasteiger partial charge in [0, 0.05) is 5.56 Å². The molecule has 1 atom stereocenters. The van der Waals surface area contributed by atoms with E-state index in [2.05, 4.69) is 45.2 Å². The van der Waals surface area contributed by atoms with E-state index in [1.165, 1.54) is 30.5 Å². The van der Waals surface area contributed by atoms with Crippen LogP contribution in [0.4, 0.5) is 0 Å². The van der Waals surface area contributed by atoms with Crippen molar-refractivity contribution < 1.29 is 4.90 Å².